The van der Waals surface area contributed by atoms with Gasteiger partial charge in [-0.3, -0.25) is 0 Å². The first-order valence-electron chi connectivity index (χ1n) is 5.54. The summed E-state index contributed by atoms with van der Waals surface area (Å²) in [5.41, 5.74) is 2.12. The maximum atomic E-state index is 13.6. The van der Waals surface area contributed by atoms with Gasteiger partial charge in [0.15, 0.2) is 11.4 Å². The summed E-state index contributed by atoms with van der Waals surface area (Å²) in [6.07, 6.45) is 3.07. The smallest absolute Gasteiger partial charge is 0.202 e. The fraction of sp³-hybridized carbons (Fsp3) is 0.231. The Hall–Kier alpha value is -1.32. The Bertz CT molecular complexity index is 603. The van der Waals surface area contributed by atoms with E-state index in [1.807, 2.05) is 6.07 Å². The van der Waals surface area contributed by atoms with Gasteiger partial charge >= 0.3 is 0 Å². The molecule has 0 bridgehead atoms. The molecule has 1 aromatic heterocycles. The molecule has 4 heteroatoms. The van der Waals surface area contributed by atoms with Crippen molar-refractivity contribution in [1.82, 2.24) is 5.32 Å². The molecule has 1 aromatic carbocycles. The van der Waals surface area contributed by atoms with Crippen molar-refractivity contribution in [2.45, 2.75) is 6.42 Å². The average molecular weight is 252 g/mol. The van der Waals surface area contributed by atoms with E-state index in [4.69, 9.17) is 16.0 Å². The van der Waals surface area contributed by atoms with E-state index in [-0.39, 0.29) is 16.6 Å². The molecule has 2 heterocycles. The summed E-state index contributed by atoms with van der Waals surface area (Å²) in [5.74, 6) is -0.375. The van der Waals surface area contributed by atoms with Crippen LogP contribution in [0.15, 0.2) is 28.7 Å². The lowest BCUT2D eigenvalue weighted by Crippen LogP contribution is -2.21. The van der Waals surface area contributed by atoms with Gasteiger partial charge in [0, 0.05) is 17.5 Å². The van der Waals surface area contributed by atoms with Crippen LogP contribution >= 0.6 is 11.6 Å². The van der Waals surface area contributed by atoms with Crippen LogP contribution in [0.25, 0.3) is 16.5 Å². The molecule has 2 nitrogen and oxygen atoms in total. The minimum Gasteiger partial charge on any atom is -0.441 e. The predicted octanol–water partition coefficient (Wildman–Crippen LogP) is 3.60. The van der Waals surface area contributed by atoms with Crippen molar-refractivity contribution in [3.8, 4) is 0 Å². The molecule has 0 amide bonds. The Morgan fingerprint density at radius 2 is 2.24 bits per heavy atom. The minimum atomic E-state index is -0.375. The third kappa shape index (κ3) is 1.75. The Labute approximate surface area is 103 Å². The van der Waals surface area contributed by atoms with Gasteiger partial charge in [0.2, 0.25) is 5.22 Å². The summed E-state index contributed by atoms with van der Waals surface area (Å²) in [5, 5.41) is 4.27. The number of hydrogen-bond acceptors (Lipinski definition) is 2. The molecular formula is C13H11ClFNO. The molecule has 3 rings (SSSR count). The van der Waals surface area contributed by atoms with Crippen molar-refractivity contribution in [3.63, 3.8) is 0 Å². The third-order valence-electron chi connectivity index (χ3n) is 2.97. The zero-order chi connectivity index (χ0) is 11.8. The van der Waals surface area contributed by atoms with Crippen molar-refractivity contribution in [1.29, 1.82) is 0 Å². The maximum absolute atomic E-state index is 13.6. The van der Waals surface area contributed by atoms with E-state index in [0.29, 0.717) is 0 Å². The number of nitrogens with one attached hydrogen (secondary N) is 1. The number of para-hydroxylation sites is 1. The highest BCUT2D eigenvalue weighted by atomic mass is 35.5. The number of benzene rings is 1. The lowest BCUT2D eigenvalue weighted by atomic mass is 10.0. The molecule has 17 heavy (non-hydrogen) atoms. The second-order valence-electron chi connectivity index (χ2n) is 4.06. The molecule has 0 radical (unpaired) electrons. The summed E-state index contributed by atoms with van der Waals surface area (Å²) in [6, 6.07) is 4.88. The summed E-state index contributed by atoms with van der Waals surface area (Å²) >= 11 is 6.07. The summed E-state index contributed by atoms with van der Waals surface area (Å²) in [6.45, 7) is 1.70. The van der Waals surface area contributed by atoms with Crippen molar-refractivity contribution in [3.05, 3.63) is 40.9 Å². The molecule has 0 saturated carbocycles. The molecule has 0 atom stereocenters. The Morgan fingerprint density at radius 3 is 3.00 bits per heavy atom. The lowest BCUT2D eigenvalue weighted by molar-refractivity contribution is 0.561. The van der Waals surface area contributed by atoms with Crippen LogP contribution in [0, 0.1) is 5.82 Å². The molecule has 1 aliphatic heterocycles. The first kappa shape index (κ1) is 10.8. The Morgan fingerprint density at radius 1 is 1.35 bits per heavy atom. The van der Waals surface area contributed by atoms with Crippen molar-refractivity contribution >= 4 is 28.1 Å². The van der Waals surface area contributed by atoms with Crippen molar-refractivity contribution in [2.75, 3.05) is 13.1 Å². The van der Waals surface area contributed by atoms with Crippen LogP contribution in [0.1, 0.15) is 12.0 Å². The Balaban J connectivity index is 2.25. The van der Waals surface area contributed by atoms with Gasteiger partial charge in [-0.1, -0.05) is 18.2 Å². The molecule has 0 spiro atoms. The van der Waals surface area contributed by atoms with Crippen LogP contribution in [0.3, 0.4) is 0 Å². The number of hydrogen-bond donors (Lipinski definition) is 1. The predicted molar refractivity (Wildman–Crippen MR) is 66.6 cm³/mol. The number of rotatable bonds is 1. The normalized spacial score (nSPS) is 16.2. The van der Waals surface area contributed by atoms with E-state index in [1.165, 1.54) is 6.07 Å². The molecular weight excluding hydrogens is 241 g/mol. The largest absolute Gasteiger partial charge is 0.441 e. The lowest BCUT2D eigenvalue weighted by Gasteiger charge is -2.13. The number of furan rings is 1. The van der Waals surface area contributed by atoms with E-state index >= 15 is 0 Å². The van der Waals surface area contributed by atoms with E-state index in [2.05, 4.69) is 11.4 Å². The van der Waals surface area contributed by atoms with Crippen molar-refractivity contribution in [2.24, 2.45) is 0 Å². The standard InChI is InChI=1S/C13H11ClFNO/c14-13-11(8-3-2-6-16-7-8)9-4-1-5-10(15)12(9)17-13/h1,3-5,16H,2,6-7H2. The van der Waals surface area contributed by atoms with E-state index in [9.17, 15) is 4.39 Å². The number of fused-ring (bicyclic) bond motifs is 1. The van der Waals surface area contributed by atoms with E-state index < -0.39 is 0 Å². The van der Waals surface area contributed by atoms with Gasteiger partial charge in [-0.25, -0.2) is 4.39 Å². The van der Waals surface area contributed by atoms with Crippen LogP contribution in [0.4, 0.5) is 4.39 Å². The average Bonchev–Trinajstić information content (AvgIpc) is 2.68. The molecule has 0 aliphatic carbocycles. The monoisotopic (exact) mass is 251 g/mol. The van der Waals surface area contributed by atoms with Gasteiger partial charge in [-0.05, 0) is 36.2 Å². The maximum Gasteiger partial charge on any atom is 0.202 e. The van der Waals surface area contributed by atoms with E-state index in [1.54, 1.807) is 6.07 Å². The molecule has 0 saturated heterocycles. The van der Waals surface area contributed by atoms with Crippen LogP contribution in [-0.2, 0) is 0 Å². The molecule has 88 valence electrons. The molecule has 1 N–H and O–H groups in total. The molecule has 0 fully saturated rings. The fourth-order valence-electron chi connectivity index (χ4n) is 2.19. The minimum absolute atomic E-state index is 0.235. The zero-order valence-electron chi connectivity index (χ0n) is 9.09. The molecule has 2 aromatic rings. The second kappa shape index (κ2) is 4.17. The van der Waals surface area contributed by atoms with Gasteiger partial charge in [-0.15, -0.1) is 0 Å². The SMILES string of the molecule is Fc1cccc2c(C3=CCCNC3)c(Cl)oc12. The van der Waals surface area contributed by atoms with Gasteiger partial charge in [0.05, 0.1) is 0 Å². The highest BCUT2D eigenvalue weighted by Crippen LogP contribution is 2.36. The van der Waals surface area contributed by atoms with Gasteiger partial charge in [0.1, 0.15) is 0 Å². The van der Waals surface area contributed by atoms with Crippen LogP contribution < -0.4 is 5.32 Å². The fourth-order valence-corrected chi connectivity index (χ4v) is 2.49. The van der Waals surface area contributed by atoms with Gasteiger partial charge in [-0.2, -0.15) is 0 Å². The molecule has 1 aliphatic rings. The van der Waals surface area contributed by atoms with E-state index in [0.717, 1.165) is 36.0 Å². The van der Waals surface area contributed by atoms with Gasteiger partial charge < -0.3 is 9.73 Å². The second-order valence-corrected chi connectivity index (χ2v) is 4.41. The van der Waals surface area contributed by atoms with Crippen LogP contribution in [0.2, 0.25) is 5.22 Å². The zero-order valence-corrected chi connectivity index (χ0v) is 9.85. The Kier molecular flexibility index (Phi) is 2.65. The topological polar surface area (TPSA) is 25.2 Å². The highest BCUT2D eigenvalue weighted by molar-refractivity contribution is 6.32. The quantitative estimate of drug-likeness (QED) is 0.838. The third-order valence-corrected chi connectivity index (χ3v) is 3.24. The summed E-state index contributed by atoms with van der Waals surface area (Å²) in [4.78, 5) is 0. The molecule has 0 unspecified atom stereocenters. The number of halogens is 2. The van der Waals surface area contributed by atoms with Crippen LogP contribution in [-0.4, -0.2) is 13.1 Å². The first-order chi connectivity index (χ1) is 8.27. The summed E-state index contributed by atoms with van der Waals surface area (Å²) in [7, 11) is 0. The van der Waals surface area contributed by atoms with Crippen molar-refractivity contribution < 1.29 is 8.81 Å². The first-order valence-corrected chi connectivity index (χ1v) is 5.92. The van der Waals surface area contributed by atoms with Crippen LogP contribution in [0.5, 0.6) is 0 Å². The summed E-state index contributed by atoms with van der Waals surface area (Å²) < 4.78 is 18.9. The highest BCUT2D eigenvalue weighted by Gasteiger charge is 2.19. The van der Waals surface area contributed by atoms with Gasteiger partial charge in [0.25, 0.3) is 0 Å².